The number of alkyl halides is 3. The molecule has 0 radical (unpaired) electrons. The van der Waals surface area contributed by atoms with Gasteiger partial charge in [0.1, 0.15) is 13.2 Å². The standard InChI is InChI=1S/C18H13BrF3NO5/c19-12-7-14-15(27-6-5-26-14)8-13(12)23-16(24)9-28-17(25)10-3-1-2-4-11(10)18(20,21)22/h1-4,7-8H,5-6,9H2,(H,23,24). The van der Waals surface area contributed by atoms with Crippen LogP contribution in [0.3, 0.4) is 0 Å². The van der Waals surface area contributed by atoms with Crippen molar-refractivity contribution in [2.45, 2.75) is 6.18 Å². The number of hydrogen-bond donors (Lipinski definition) is 1. The first kappa shape index (κ1) is 20.0. The molecule has 1 aliphatic heterocycles. The summed E-state index contributed by atoms with van der Waals surface area (Å²) in [7, 11) is 0. The van der Waals surface area contributed by atoms with Crippen molar-refractivity contribution < 1.29 is 37.0 Å². The molecule has 10 heteroatoms. The Morgan fingerprint density at radius 2 is 1.75 bits per heavy atom. The summed E-state index contributed by atoms with van der Waals surface area (Å²) in [5.41, 5.74) is -1.46. The third-order valence-electron chi connectivity index (χ3n) is 3.69. The van der Waals surface area contributed by atoms with Gasteiger partial charge in [-0.2, -0.15) is 13.2 Å². The first-order valence-electron chi connectivity index (χ1n) is 7.98. The highest BCUT2D eigenvalue weighted by atomic mass is 79.9. The third kappa shape index (κ3) is 4.56. The maximum Gasteiger partial charge on any atom is 0.417 e. The molecule has 0 aliphatic carbocycles. The van der Waals surface area contributed by atoms with Crippen molar-refractivity contribution in [2.24, 2.45) is 0 Å². The second kappa shape index (κ2) is 8.09. The number of hydrogen-bond acceptors (Lipinski definition) is 5. The van der Waals surface area contributed by atoms with Crippen molar-refractivity contribution in [3.8, 4) is 11.5 Å². The number of ether oxygens (including phenoxy) is 3. The molecular weight excluding hydrogens is 447 g/mol. The number of halogens is 4. The van der Waals surface area contributed by atoms with Crippen LogP contribution in [0, 0.1) is 0 Å². The van der Waals surface area contributed by atoms with Crippen molar-refractivity contribution in [2.75, 3.05) is 25.1 Å². The lowest BCUT2D eigenvalue weighted by atomic mass is 10.1. The number of rotatable bonds is 4. The first-order chi connectivity index (χ1) is 13.3. The molecule has 6 nitrogen and oxygen atoms in total. The highest BCUT2D eigenvalue weighted by molar-refractivity contribution is 9.10. The van der Waals surface area contributed by atoms with Crippen LogP contribution in [-0.2, 0) is 15.7 Å². The van der Waals surface area contributed by atoms with Crippen LogP contribution in [0.15, 0.2) is 40.9 Å². The van der Waals surface area contributed by atoms with E-state index in [1.54, 1.807) is 6.07 Å². The Balaban J connectivity index is 1.65. The maximum absolute atomic E-state index is 13.0. The normalized spacial score (nSPS) is 13.0. The largest absolute Gasteiger partial charge is 0.486 e. The molecule has 148 valence electrons. The molecule has 0 aromatic heterocycles. The molecule has 28 heavy (non-hydrogen) atoms. The summed E-state index contributed by atoms with van der Waals surface area (Å²) in [4.78, 5) is 24.0. The molecule has 0 fully saturated rings. The second-order valence-corrected chi connectivity index (χ2v) is 6.50. The van der Waals surface area contributed by atoms with E-state index in [1.807, 2.05) is 0 Å². The lowest BCUT2D eigenvalue weighted by Gasteiger charge is -2.20. The molecule has 1 N–H and O–H groups in total. The average molecular weight is 460 g/mol. The number of carbonyl (C=O) groups is 2. The molecule has 0 spiro atoms. The van der Waals surface area contributed by atoms with Gasteiger partial charge < -0.3 is 19.5 Å². The van der Waals surface area contributed by atoms with Crippen LogP contribution < -0.4 is 14.8 Å². The Bertz CT molecular complexity index is 917. The Morgan fingerprint density at radius 1 is 1.11 bits per heavy atom. The average Bonchev–Trinajstić information content (AvgIpc) is 2.66. The van der Waals surface area contributed by atoms with E-state index in [2.05, 4.69) is 21.2 Å². The van der Waals surface area contributed by atoms with Crippen LogP contribution in [-0.4, -0.2) is 31.7 Å². The number of esters is 1. The molecule has 1 amide bonds. The van der Waals surface area contributed by atoms with E-state index in [1.165, 1.54) is 12.1 Å². The number of benzene rings is 2. The van der Waals surface area contributed by atoms with Gasteiger partial charge in [0.05, 0.1) is 16.8 Å². The number of carbonyl (C=O) groups excluding carboxylic acids is 2. The van der Waals surface area contributed by atoms with Crippen molar-refractivity contribution in [3.05, 3.63) is 52.0 Å². The number of anilines is 1. The summed E-state index contributed by atoms with van der Waals surface area (Å²) in [5, 5.41) is 2.49. The summed E-state index contributed by atoms with van der Waals surface area (Å²) >= 11 is 3.27. The van der Waals surface area contributed by atoms with Crippen molar-refractivity contribution >= 4 is 33.5 Å². The van der Waals surface area contributed by atoms with Gasteiger partial charge in [0.25, 0.3) is 5.91 Å². The van der Waals surface area contributed by atoms with Crippen LogP contribution in [0.2, 0.25) is 0 Å². The number of nitrogens with one attached hydrogen (secondary N) is 1. The minimum Gasteiger partial charge on any atom is -0.486 e. The molecule has 3 rings (SSSR count). The molecule has 0 bridgehead atoms. The molecule has 0 saturated carbocycles. The SMILES string of the molecule is O=C(COC(=O)c1ccccc1C(F)(F)F)Nc1cc2c(cc1Br)OCCO2. The fourth-order valence-electron chi connectivity index (χ4n) is 2.46. The lowest BCUT2D eigenvalue weighted by molar-refractivity contribution is -0.138. The maximum atomic E-state index is 13.0. The Kier molecular flexibility index (Phi) is 5.78. The summed E-state index contributed by atoms with van der Waals surface area (Å²) < 4.78 is 54.9. The lowest BCUT2D eigenvalue weighted by Crippen LogP contribution is -2.23. The second-order valence-electron chi connectivity index (χ2n) is 5.64. The number of fused-ring (bicyclic) bond motifs is 1. The minimum absolute atomic E-state index is 0.334. The molecule has 0 atom stereocenters. The van der Waals surface area contributed by atoms with Crippen molar-refractivity contribution in [1.29, 1.82) is 0 Å². The molecule has 0 unspecified atom stereocenters. The fourth-order valence-corrected chi connectivity index (χ4v) is 2.88. The van der Waals surface area contributed by atoms with E-state index in [0.717, 1.165) is 18.2 Å². The van der Waals surface area contributed by atoms with Crippen LogP contribution >= 0.6 is 15.9 Å². The van der Waals surface area contributed by atoms with E-state index >= 15 is 0 Å². The highest BCUT2D eigenvalue weighted by Crippen LogP contribution is 2.38. The molecule has 1 aliphatic rings. The van der Waals surface area contributed by atoms with Crippen LogP contribution in [0.4, 0.5) is 18.9 Å². The van der Waals surface area contributed by atoms with Crippen LogP contribution in [0.1, 0.15) is 15.9 Å². The fraction of sp³-hybridized carbons (Fsp3) is 0.222. The monoisotopic (exact) mass is 459 g/mol. The zero-order valence-corrected chi connectivity index (χ0v) is 15.7. The summed E-state index contributed by atoms with van der Waals surface area (Å²) in [6.07, 6.45) is -4.71. The molecule has 2 aromatic carbocycles. The van der Waals surface area contributed by atoms with Gasteiger partial charge in [0, 0.05) is 16.6 Å². The van der Waals surface area contributed by atoms with Gasteiger partial charge in [-0.3, -0.25) is 4.79 Å². The van der Waals surface area contributed by atoms with E-state index in [9.17, 15) is 22.8 Å². The Hall–Kier alpha value is -2.75. The van der Waals surface area contributed by atoms with Crippen molar-refractivity contribution in [3.63, 3.8) is 0 Å². The van der Waals surface area contributed by atoms with Gasteiger partial charge in [-0.15, -0.1) is 0 Å². The van der Waals surface area contributed by atoms with E-state index in [4.69, 9.17) is 14.2 Å². The first-order valence-corrected chi connectivity index (χ1v) is 8.77. The zero-order valence-electron chi connectivity index (χ0n) is 14.1. The highest BCUT2D eigenvalue weighted by Gasteiger charge is 2.35. The topological polar surface area (TPSA) is 73.9 Å². The van der Waals surface area contributed by atoms with Crippen LogP contribution in [0.5, 0.6) is 11.5 Å². The van der Waals surface area contributed by atoms with Crippen molar-refractivity contribution in [1.82, 2.24) is 0 Å². The third-order valence-corrected chi connectivity index (χ3v) is 4.35. The minimum atomic E-state index is -4.71. The van der Waals surface area contributed by atoms with Gasteiger partial charge >= 0.3 is 12.1 Å². The van der Waals surface area contributed by atoms with E-state index in [0.29, 0.717) is 34.9 Å². The summed E-state index contributed by atoms with van der Waals surface area (Å²) in [6, 6.07) is 7.32. The number of amides is 1. The van der Waals surface area contributed by atoms with E-state index in [-0.39, 0.29) is 0 Å². The zero-order chi connectivity index (χ0) is 20.3. The predicted octanol–water partition coefficient (Wildman–Crippen LogP) is 4.03. The molecule has 1 heterocycles. The summed E-state index contributed by atoms with van der Waals surface area (Å²) in [5.74, 6) is -1.04. The van der Waals surface area contributed by atoms with Gasteiger partial charge in [-0.1, -0.05) is 12.1 Å². The Labute approximate surface area is 165 Å². The summed E-state index contributed by atoms with van der Waals surface area (Å²) in [6.45, 7) is 0.00461. The van der Waals surface area contributed by atoms with E-state index < -0.39 is 35.8 Å². The Morgan fingerprint density at radius 3 is 2.43 bits per heavy atom. The molecular formula is C18H13BrF3NO5. The van der Waals surface area contributed by atoms with Gasteiger partial charge in [-0.05, 0) is 28.1 Å². The molecule has 0 saturated heterocycles. The molecule has 2 aromatic rings. The van der Waals surface area contributed by atoms with Gasteiger partial charge in [0.2, 0.25) is 0 Å². The smallest absolute Gasteiger partial charge is 0.417 e. The quantitative estimate of drug-likeness (QED) is 0.698. The van der Waals surface area contributed by atoms with Gasteiger partial charge in [0.15, 0.2) is 18.1 Å². The van der Waals surface area contributed by atoms with Crippen LogP contribution in [0.25, 0.3) is 0 Å². The predicted molar refractivity (Wildman–Crippen MR) is 95.5 cm³/mol. The van der Waals surface area contributed by atoms with Gasteiger partial charge in [-0.25, -0.2) is 4.79 Å².